The Hall–Kier alpha value is -0.0500. The third-order valence-corrected chi connectivity index (χ3v) is 6.71. The quantitative estimate of drug-likeness (QED) is 0.790. The molecule has 4 bridgehead atoms. The molecule has 4 aliphatic carbocycles. The van der Waals surface area contributed by atoms with Crippen LogP contribution in [0.5, 0.6) is 0 Å². The van der Waals surface area contributed by atoms with Gasteiger partial charge in [-0.05, 0) is 80.0 Å². The molecule has 1 aromatic rings. The van der Waals surface area contributed by atoms with E-state index in [1.807, 2.05) is 6.07 Å². The van der Waals surface area contributed by atoms with Gasteiger partial charge >= 0.3 is 0 Å². The summed E-state index contributed by atoms with van der Waals surface area (Å²) in [6, 6.07) is 6.08. The van der Waals surface area contributed by atoms with Gasteiger partial charge in [-0.3, -0.25) is 0 Å². The highest BCUT2D eigenvalue weighted by molar-refractivity contribution is 9.10. The van der Waals surface area contributed by atoms with Crippen LogP contribution in [0.15, 0.2) is 22.7 Å². The number of hydrogen-bond donors (Lipinski definition) is 1. The Morgan fingerprint density at radius 1 is 1.10 bits per heavy atom. The third kappa shape index (κ3) is 2.44. The molecule has 0 radical (unpaired) electrons. The molecule has 5 rings (SSSR count). The van der Waals surface area contributed by atoms with Gasteiger partial charge in [-0.2, -0.15) is 0 Å². The SMILES string of the molecule is Clc1ccc(Br)c(CNC23CC4CC(CC(C4)C2)C3)c1. The van der Waals surface area contributed by atoms with E-state index in [-0.39, 0.29) is 0 Å². The van der Waals surface area contributed by atoms with E-state index < -0.39 is 0 Å². The van der Waals surface area contributed by atoms with Crippen LogP contribution in [0.2, 0.25) is 5.02 Å². The Kier molecular flexibility index (Phi) is 3.40. The lowest BCUT2D eigenvalue weighted by Gasteiger charge is -2.57. The normalized spacial score (nSPS) is 38.4. The van der Waals surface area contributed by atoms with Gasteiger partial charge in [-0.15, -0.1) is 0 Å². The molecule has 0 atom stereocenters. The zero-order chi connectivity index (χ0) is 13.7. The van der Waals surface area contributed by atoms with Crippen molar-refractivity contribution in [1.82, 2.24) is 5.32 Å². The molecule has 1 N–H and O–H groups in total. The lowest BCUT2D eigenvalue weighted by atomic mass is 9.53. The van der Waals surface area contributed by atoms with Gasteiger partial charge in [0.25, 0.3) is 0 Å². The summed E-state index contributed by atoms with van der Waals surface area (Å²) in [5, 5.41) is 4.75. The summed E-state index contributed by atoms with van der Waals surface area (Å²) in [6.45, 7) is 0.938. The molecule has 4 aliphatic rings. The van der Waals surface area contributed by atoms with E-state index >= 15 is 0 Å². The van der Waals surface area contributed by atoms with Crippen molar-refractivity contribution in [2.45, 2.75) is 50.6 Å². The van der Waals surface area contributed by atoms with E-state index in [9.17, 15) is 0 Å². The maximum absolute atomic E-state index is 6.12. The van der Waals surface area contributed by atoms with E-state index in [1.165, 1.54) is 48.6 Å². The van der Waals surface area contributed by atoms with E-state index in [0.717, 1.165) is 29.3 Å². The molecule has 1 aromatic carbocycles. The lowest BCUT2D eigenvalue weighted by Crippen LogP contribution is -2.58. The van der Waals surface area contributed by atoms with Crippen molar-refractivity contribution in [1.29, 1.82) is 0 Å². The molecule has 0 saturated heterocycles. The highest BCUT2D eigenvalue weighted by atomic mass is 79.9. The molecule has 0 amide bonds. The molecule has 0 aliphatic heterocycles. The fourth-order valence-electron chi connectivity index (χ4n) is 5.29. The van der Waals surface area contributed by atoms with Gasteiger partial charge in [0.05, 0.1) is 0 Å². The van der Waals surface area contributed by atoms with Gasteiger partial charge in [0.15, 0.2) is 0 Å². The smallest absolute Gasteiger partial charge is 0.0410 e. The number of rotatable bonds is 3. The molecular weight excluding hydrogens is 334 g/mol. The first-order chi connectivity index (χ1) is 9.62. The fourth-order valence-corrected chi connectivity index (χ4v) is 5.87. The first kappa shape index (κ1) is 13.6. The van der Waals surface area contributed by atoms with Crippen LogP contribution in [0.1, 0.15) is 44.1 Å². The maximum atomic E-state index is 6.12. The second-order valence-electron chi connectivity index (χ2n) is 7.29. The van der Waals surface area contributed by atoms with Crippen LogP contribution in [0, 0.1) is 17.8 Å². The molecule has 20 heavy (non-hydrogen) atoms. The summed E-state index contributed by atoms with van der Waals surface area (Å²) >= 11 is 9.77. The molecule has 4 fully saturated rings. The van der Waals surface area contributed by atoms with Crippen LogP contribution in [0.3, 0.4) is 0 Å². The van der Waals surface area contributed by atoms with Crippen LogP contribution in [-0.4, -0.2) is 5.54 Å². The molecule has 108 valence electrons. The molecule has 1 nitrogen and oxygen atoms in total. The summed E-state index contributed by atoms with van der Waals surface area (Å²) < 4.78 is 1.17. The van der Waals surface area contributed by atoms with Crippen LogP contribution in [-0.2, 0) is 6.54 Å². The molecular formula is C17H21BrClN. The van der Waals surface area contributed by atoms with Crippen LogP contribution >= 0.6 is 27.5 Å². The van der Waals surface area contributed by atoms with Crippen LogP contribution in [0.4, 0.5) is 0 Å². The summed E-state index contributed by atoms with van der Waals surface area (Å²) in [4.78, 5) is 0. The Balaban J connectivity index is 1.50. The van der Waals surface area contributed by atoms with Crippen molar-refractivity contribution in [2.24, 2.45) is 17.8 Å². The highest BCUT2D eigenvalue weighted by Crippen LogP contribution is 2.55. The van der Waals surface area contributed by atoms with Crippen molar-refractivity contribution >= 4 is 27.5 Å². The van der Waals surface area contributed by atoms with E-state index in [4.69, 9.17) is 11.6 Å². The Morgan fingerprint density at radius 3 is 2.30 bits per heavy atom. The number of halogens is 2. The van der Waals surface area contributed by atoms with Crippen LogP contribution in [0.25, 0.3) is 0 Å². The van der Waals surface area contributed by atoms with E-state index in [1.54, 1.807) is 0 Å². The Bertz CT molecular complexity index is 492. The monoisotopic (exact) mass is 353 g/mol. The van der Waals surface area contributed by atoms with Crippen molar-refractivity contribution in [3.05, 3.63) is 33.3 Å². The number of benzene rings is 1. The van der Waals surface area contributed by atoms with Gasteiger partial charge in [0, 0.05) is 21.6 Å². The maximum Gasteiger partial charge on any atom is 0.0410 e. The number of nitrogens with one attached hydrogen (secondary N) is 1. The van der Waals surface area contributed by atoms with Crippen molar-refractivity contribution in [2.75, 3.05) is 0 Å². The molecule has 0 unspecified atom stereocenters. The number of hydrogen-bond acceptors (Lipinski definition) is 1. The minimum atomic E-state index is 0.427. The largest absolute Gasteiger partial charge is 0.307 e. The zero-order valence-corrected chi connectivity index (χ0v) is 14.0. The second kappa shape index (κ2) is 5.00. The van der Waals surface area contributed by atoms with Gasteiger partial charge in [-0.1, -0.05) is 27.5 Å². The zero-order valence-electron chi connectivity index (χ0n) is 11.7. The molecule has 3 heteroatoms. The van der Waals surface area contributed by atoms with Gasteiger partial charge < -0.3 is 5.32 Å². The van der Waals surface area contributed by atoms with Gasteiger partial charge in [0.1, 0.15) is 0 Å². The minimum absolute atomic E-state index is 0.427. The standard InChI is InChI=1S/C17H21BrClN/c18-16-2-1-15(19)6-14(16)10-20-17-7-11-3-12(8-17)5-13(4-11)9-17/h1-2,6,11-13,20H,3-5,7-10H2. The molecule has 0 spiro atoms. The first-order valence-corrected chi connectivity index (χ1v) is 8.98. The van der Waals surface area contributed by atoms with Gasteiger partial charge in [-0.25, -0.2) is 0 Å². The van der Waals surface area contributed by atoms with Crippen molar-refractivity contribution in [3.8, 4) is 0 Å². The van der Waals surface area contributed by atoms with Crippen molar-refractivity contribution in [3.63, 3.8) is 0 Å². The molecule has 0 aromatic heterocycles. The summed E-state index contributed by atoms with van der Waals surface area (Å²) in [6.07, 6.45) is 8.71. The molecule has 4 saturated carbocycles. The minimum Gasteiger partial charge on any atom is -0.307 e. The highest BCUT2D eigenvalue weighted by Gasteiger charge is 2.50. The summed E-state index contributed by atoms with van der Waals surface area (Å²) in [7, 11) is 0. The summed E-state index contributed by atoms with van der Waals surface area (Å²) in [5.74, 6) is 2.99. The fraction of sp³-hybridized carbons (Fsp3) is 0.647. The topological polar surface area (TPSA) is 12.0 Å². The first-order valence-electron chi connectivity index (χ1n) is 7.81. The average molecular weight is 355 g/mol. The predicted molar refractivity (Wildman–Crippen MR) is 86.9 cm³/mol. The van der Waals surface area contributed by atoms with Gasteiger partial charge in [0.2, 0.25) is 0 Å². The van der Waals surface area contributed by atoms with Crippen molar-refractivity contribution < 1.29 is 0 Å². The summed E-state index contributed by atoms with van der Waals surface area (Å²) in [5.41, 5.74) is 1.71. The predicted octanol–water partition coefficient (Wildman–Crippen LogP) is 5.16. The Labute approximate surface area is 134 Å². The Morgan fingerprint density at radius 2 is 1.70 bits per heavy atom. The lowest BCUT2D eigenvalue weighted by molar-refractivity contribution is -0.0206. The van der Waals surface area contributed by atoms with Crippen LogP contribution < -0.4 is 5.32 Å². The molecule has 0 heterocycles. The third-order valence-electron chi connectivity index (χ3n) is 5.70. The van der Waals surface area contributed by atoms with E-state index in [2.05, 4.69) is 33.4 Å². The average Bonchev–Trinajstić information content (AvgIpc) is 2.38. The second-order valence-corrected chi connectivity index (χ2v) is 8.58. The van der Waals surface area contributed by atoms with E-state index in [0.29, 0.717) is 5.54 Å².